The first-order chi connectivity index (χ1) is 15.4. The van der Waals surface area contributed by atoms with Crippen molar-refractivity contribution in [1.82, 2.24) is 9.55 Å². The number of fused-ring (bicyclic) bond motifs is 5. The van der Waals surface area contributed by atoms with Gasteiger partial charge in [-0.1, -0.05) is 38.5 Å². The van der Waals surface area contributed by atoms with Gasteiger partial charge in [-0.05, 0) is 25.0 Å². The van der Waals surface area contributed by atoms with Crippen molar-refractivity contribution in [2.45, 2.75) is 58.1 Å². The zero-order valence-electron chi connectivity index (χ0n) is 18.1. The third-order valence-corrected chi connectivity index (χ3v) is 6.33. The highest BCUT2D eigenvalue weighted by Crippen LogP contribution is 2.47. The molecule has 0 saturated carbocycles. The molecule has 2 aliphatic rings. The number of aromatic nitrogens is 2. The van der Waals surface area contributed by atoms with E-state index in [9.17, 15) is 14.7 Å². The molecule has 3 aromatic rings. The van der Waals surface area contributed by atoms with E-state index in [1.807, 2.05) is 37.3 Å². The van der Waals surface area contributed by atoms with Crippen LogP contribution in [-0.4, -0.2) is 26.9 Å². The molecule has 0 fully saturated rings. The van der Waals surface area contributed by atoms with E-state index in [0.717, 1.165) is 22.9 Å². The normalized spacial score (nSPS) is 19.8. The number of carbonyl (C=O) groups is 1. The van der Waals surface area contributed by atoms with Gasteiger partial charge in [0.25, 0.3) is 5.56 Å². The van der Waals surface area contributed by atoms with Crippen LogP contribution in [0.2, 0.25) is 0 Å². The summed E-state index contributed by atoms with van der Waals surface area (Å²) in [5, 5.41) is 12.3. The van der Waals surface area contributed by atoms with Gasteiger partial charge in [0.05, 0.1) is 28.9 Å². The average molecular weight is 435 g/mol. The van der Waals surface area contributed by atoms with E-state index in [1.165, 1.54) is 0 Å². The van der Waals surface area contributed by atoms with E-state index >= 15 is 0 Å². The Morgan fingerprint density at radius 2 is 2.09 bits per heavy atom. The molecule has 0 aliphatic carbocycles. The number of esters is 1. The standard InChI is InChI=1S/C24H25N3O5/c1-3-7-17(25)32-21-18-15(12-31-23(29)24(18,30)4-2)22(28)27-11-14-10-13-8-5-6-9-16(13)26-19(14)20(21)27/h5-6,8-10,17,30H,3-4,7,11-12,25H2,1-2H3/t17?,24-/m0/s1. The van der Waals surface area contributed by atoms with E-state index in [0.29, 0.717) is 24.4 Å². The van der Waals surface area contributed by atoms with Crippen LogP contribution in [0.1, 0.15) is 49.8 Å². The number of aliphatic hydroxyl groups is 1. The van der Waals surface area contributed by atoms with Crippen molar-refractivity contribution in [3.05, 3.63) is 57.4 Å². The highest BCUT2D eigenvalue weighted by Gasteiger charge is 2.49. The summed E-state index contributed by atoms with van der Waals surface area (Å²) in [4.78, 5) is 30.9. The summed E-state index contributed by atoms with van der Waals surface area (Å²) >= 11 is 0. The molecule has 4 heterocycles. The van der Waals surface area contributed by atoms with Gasteiger partial charge < -0.3 is 14.6 Å². The summed E-state index contributed by atoms with van der Waals surface area (Å²) in [6, 6.07) is 9.71. The van der Waals surface area contributed by atoms with Crippen LogP contribution >= 0.6 is 0 Å². The van der Waals surface area contributed by atoms with Gasteiger partial charge in [-0.15, -0.1) is 0 Å². The van der Waals surface area contributed by atoms with Crippen LogP contribution in [0.25, 0.3) is 22.3 Å². The monoisotopic (exact) mass is 435 g/mol. The molecule has 1 unspecified atom stereocenters. The maximum Gasteiger partial charge on any atom is 0.343 e. The lowest BCUT2D eigenvalue weighted by atomic mass is 9.85. The molecule has 2 aliphatic heterocycles. The molecular weight excluding hydrogens is 410 g/mol. The smallest absolute Gasteiger partial charge is 0.343 e. The lowest BCUT2D eigenvalue weighted by molar-refractivity contribution is -0.172. The van der Waals surface area contributed by atoms with E-state index in [1.54, 1.807) is 11.5 Å². The largest absolute Gasteiger partial charge is 0.473 e. The quantitative estimate of drug-likeness (QED) is 0.365. The summed E-state index contributed by atoms with van der Waals surface area (Å²) in [5.41, 5.74) is 6.96. The van der Waals surface area contributed by atoms with Crippen molar-refractivity contribution in [2.75, 3.05) is 0 Å². The molecule has 2 atom stereocenters. The van der Waals surface area contributed by atoms with Crippen molar-refractivity contribution in [3.8, 4) is 17.1 Å². The summed E-state index contributed by atoms with van der Waals surface area (Å²) in [6.07, 6.45) is 0.715. The van der Waals surface area contributed by atoms with Crippen molar-refractivity contribution in [1.29, 1.82) is 0 Å². The molecule has 0 spiro atoms. The fraction of sp³-hybridized carbons (Fsp3) is 0.375. The highest BCUT2D eigenvalue weighted by atomic mass is 16.6. The van der Waals surface area contributed by atoms with Crippen LogP contribution in [0.15, 0.2) is 35.1 Å². The molecule has 0 saturated heterocycles. The Hall–Kier alpha value is -3.23. The van der Waals surface area contributed by atoms with Crippen molar-refractivity contribution < 1.29 is 19.4 Å². The second-order valence-electron chi connectivity index (χ2n) is 8.35. The number of hydrogen-bond acceptors (Lipinski definition) is 7. The maximum atomic E-state index is 13.5. The van der Waals surface area contributed by atoms with Gasteiger partial charge in [0, 0.05) is 10.9 Å². The first-order valence-corrected chi connectivity index (χ1v) is 10.9. The van der Waals surface area contributed by atoms with Crippen LogP contribution in [0, 0.1) is 0 Å². The van der Waals surface area contributed by atoms with Crippen molar-refractivity contribution in [2.24, 2.45) is 5.73 Å². The van der Waals surface area contributed by atoms with E-state index in [2.05, 4.69) is 0 Å². The van der Waals surface area contributed by atoms with Gasteiger partial charge in [-0.2, -0.15) is 0 Å². The molecule has 2 aromatic heterocycles. The fourth-order valence-corrected chi connectivity index (χ4v) is 4.65. The lowest BCUT2D eigenvalue weighted by Gasteiger charge is -2.34. The predicted molar refractivity (Wildman–Crippen MR) is 118 cm³/mol. The van der Waals surface area contributed by atoms with Gasteiger partial charge in [-0.3, -0.25) is 15.1 Å². The first-order valence-electron chi connectivity index (χ1n) is 10.9. The van der Waals surface area contributed by atoms with Crippen LogP contribution in [0.3, 0.4) is 0 Å². The molecule has 0 bridgehead atoms. The Morgan fingerprint density at radius 3 is 2.84 bits per heavy atom. The second kappa shape index (κ2) is 7.43. The van der Waals surface area contributed by atoms with E-state index in [4.69, 9.17) is 20.2 Å². The Balaban J connectivity index is 1.85. The third-order valence-electron chi connectivity index (χ3n) is 6.33. The SMILES string of the molecule is CCCC(N)Oc1c2c(c(=O)n3c1-c1nc4ccccc4cc1C3)COC(=O)[C@]2(O)CC. The van der Waals surface area contributed by atoms with Gasteiger partial charge >= 0.3 is 5.97 Å². The summed E-state index contributed by atoms with van der Waals surface area (Å²) < 4.78 is 13.0. The van der Waals surface area contributed by atoms with Crippen LogP contribution < -0.4 is 16.0 Å². The molecule has 0 amide bonds. The number of nitrogens with two attached hydrogens (primary N) is 1. The number of cyclic esters (lactones) is 1. The first kappa shape index (κ1) is 20.7. The van der Waals surface area contributed by atoms with Crippen molar-refractivity contribution >= 4 is 16.9 Å². The van der Waals surface area contributed by atoms with E-state index in [-0.39, 0.29) is 35.5 Å². The minimum absolute atomic E-state index is 0.0269. The number of carbonyl (C=O) groups excluding carboxylic acids is 1. The molecular formula is C24H25N3O5. The number of ether oxygens (including phenoxy) is 2. The highest BCUT2D eigenvalue weighted by molar-refractivity contribution is 5.89. The minimum Gasteiger partial charge on any atom is -0.473 e. The molecule has 32 heavy (non-hydrogen) atoms. The number of benzene rings is 1. The van der Waals surface area contributed by atoms with Crippen LogP contribution in [0.5, 0.6) is 5.75 Å². The number of hydrogen-bond donors (Lipinski definition) is 2. The maximum absolute atomic E-state index is 13.5. The average Bonchev–Trinajstić information content (AvgIpc) is 3.16. The Morgan fingerprint density at radius 1 is 1.31 bits per heavy atom. The molecule has 1 aromatic carbocycles. The Labute approximate surface area is 184 Å². The number of rotatable bonds is 5. The predicted octanol–water partition coefficient (Wildman–Crippen LogP) is 2.54. The molecule has 8 nitrogen and oxygen atoms in total. The lowest BCUT2D eigenvalue weighted by Crippen LogP contribution is -2.45. The van der Waals surface area contributed by atoms with Gasteiger partial charge in [-0.25, -0.2) is 9.78 Å². The van der Waals surface area contributed by atoms with Gasteiger partial charge in [0.2, 0.25) is 0 Å². The number of para-hydroxylation sites is 1. The Kier molecular flexibility index (Phi) is 4.79. The molecule has 5 rings (SSSR count). The minimum atomic E-state index is -2.00. The topological polar surface area (TPSA) is 117 Å². The number of pyridine rings is 2. The number of nitrogens with zero attached hydrogens (tertiary/aromatic N) is 2. The van der Waals surface area contributed by atoms with Gasteiger partial charge in [0.1, 0.15) is 18.5 Å². The van der Waals surface area contributed by atoms with Gasteiger partial charge in [0.15, 0.2) is 11.4 Å². The van der Waals surface area contributed by atoms with Crippen molar-refractivity contribution in [3.63, 3.8) is 0 Å². The molecule has 8 heteroatoms. The summed E-state index contributed by atoms with van der Waals surface area (Å²) in [5.74, 6) is -0.557. The molecule has 3 N–H and O–H groups in total. The fourth-order valence-electron chi connectivity index (χ4n) is 4.65. The second-order valence-corrected chi connectivity index (χ2v) is 8.35. The Bertz CT molecular complexity index is 1320. The zero-order chi connectivity index (χ0) is 22.6. The zero-order valence-corrected chi connectivity index (χ0v) is 18.1. The third kappa shape index (κ3) is 2.87. The van der Waals surface area contributed by atoms with Crippen LogP contribution in [-0.2, 0) is 28.3 Å². The summed E-state index contributed by atoms with van der Waals surface area (Å²) in [7, 11) is 0. The van der Waals surface area contributed by atoms with Crippen LogP contribution in [0.4, 0.5) is 0 Å². The summed E-state index contributed by atoms with van der Waals surface area (Å²) in [6.45, 7) is 3.74. The molecule has 166 valence electrons. The molecule has 0 radical (unpaired) electrons. The van der Waals surface area contributed by atoms with E-state index < -0.39 is 17.8 Å².